The van der Waals surface area contributed by atoms with Crippen molar-refractivity contribution in [1.29, 1.82) is 0 Å². The Kier molecular flexibility index (Phi) is 4.25. The van der Waals surface area contributed by atoms with Gasteiger partial charge in [0.15, 0.2) is 10.3 Å². The number of thiazole rings is 1. The Morgan fingerprint density at radius 1 is 1.50 bits per heavy atom. The Balaban J connectivity index is 1.65. The van der Waals surface area contributed by atoms with Gasteiger partial charge in [-0.15, -0.1) is 10.2 Å². The lowest BCUT2D eigenvalue weighted by Crippen LogP contribution is -2.14. The van der Waals surface area contributed by atoms with E-state index in [9.17, 15) is 4.79 Å². The molecule has 0 spiro atoms. The summed E-state index contributed by atoms with van der Waals surface area (Å²) in [7, 11) is 3.45. The van der Waals surface area contributed by atoms with Gasteiger partial charge in [-0.2, -0.15) is 0 Å². The number of fused-ring (bicyclic) bond motifs is 1. The van der Waals surface area contributed by atoms with E-state index in [2.05, 4.69) is 20.5 Å². The molecule has 1 amide bonds. The number of ether oxygens (including phenoxy) is 1. The average Bonchev–Trinajstić information content (AvgIpc) is 3.09. The first-order valence-electron chi connectivity index (χ1n) is 6.37. The zero-order chi connectivity index (χ0) is 15.5. The monoisotopic (exact) mass is 335 g/mol. The first kappa shape index (κ1) is 14.8. The van der Waals surface area contributed by atoms with Gasteiger partial charge in [0.25, 0.3) is 0 Å². The quantitative estimate of drug-likeness (QED) is 0.720. The number of methoxy groups -OCH3 is 1. The predicted octanol–water partition coefficient (Wildman–Crippen LogP) is 2.16. The molecule has 0 saturated heterocycles. The summed E-state index contributed by atoms with van der Waals surface area (Å²) in [5.74, 6) is 0.900. The van der Waals surface area contributed by atoms with Crippen LogP contribution in [0.25, 0.3) is 10.2 Å². The topological polar surface area (TPSA) is 81.9 Å². The van der Waals surface area contributed by atoms with Crippen molar-refractivity contribution >= 4 is 44.4 Å². The smallest absolute Gasteiger partial charge is 0.236 e. The van der Waals surface area contributed by atoms with E-state index in [1.165, 1.54) is 23.1 Å². The Bertz CT molecular complexity index is 814. The molecule has 1 aromatic carbocycles. The Morgan fingerprint density at radius 2 is 2.36 bits per heavy atom. The normalized spacial score (nSPS) is 10.8. The summed E-state index contributed by atoms with van der Waals surface area (Å²) in [6.45, 7) is 0. The summed E-state index contributed by atoms with van der Waals surface area (Å²) >= 11 is 2.74. The van der Waals surface area contributed by atoms with Crippen LogP contribution in [0.3, 0.4) is 0 Å². The molecule has 0 bridgehead atoms. The molecule has 0 radical (unpaired) electrons. The third-order valence-electron chi connectivity index (χ3n) is 2.84. The lowest BCUT2D eigenvalue weighted by atomic mass is 10.3. The van der Waals surface area contributed by atoms with Gasteiger partial charge in [0.1, 0.15) is 12.1 Å². The van der Waals surface area contributed by atoms with Crippen molar-refractivity contribution in [3.63, 3.8) is 0 Å². The van der Waals surface area contributed by atoms with Crippen molar-refractivity contribution in [3.05, 3.63) is 24.5 Å². The number of carbonyl (C=O) groups is 1. The lowest BCUT2D eigenvalue weighted by Gasteiger charge is -2.00. The molecule has 114 valence electrons. The minimum Gasteiger partial charge on any atom is -0.497 e. The molecule has 9 heteroatoms. The fraction of sp³-hybridized carbons (Fsp3) is 0.231. The third kappa shape index (κ3) is 3.20. The highest BCUT2D eigenvalue weighted by Crippen LogP contribution is 2.29. The maximum absolute atomic E-state index is 12.0. The average molecular weight is 335 g/mol. The predicted molar refractivity (Wildman–Crippen MR) is 86.5 cm³/mol. The van der Waals surface area contributed by atoms with Gasteiger partial charge in [-0.3, -0.25) is 4.79 Å². The number of anilines is 1. The van der Waals surface area contributed by atoms with E-state index in [1.807, 2.05) is 25.2 Å². The largest absolute Gasteiger partial charge is 0.497 e. The number of hydrogen-bond donors (Lipinski definition) is 1. The van der Waals surface area contributed by atoms with Crippen molar-refractivity contribution in [2.24, 2.45) is 7.05 Å². The summed E-state index contributed by atoms with van der Waals surface area (Å²) in [6, 6.07) is 5.61. The molecule has 3 aromatic rings. The zero-order valence-corrected chi connectivity index (χ0v) is 13.6. The van der Waals surface area contributed by atoms with E-state index >= 15 is 0 Å². The maximum Gasteiger partial charge on any atom is 0.236 e. The molecule has 0 aliphatic carbocycles. The van der Waals surface area contributed by atoms with Crippen molar-refractivity contribution < 1.29 is 9.53 Å². The number of hydrogen-bond acceptors (Lipinski definition) is 7. The van der Waals surface area contributed by atoms with E-state index in [4.69, 9.17) is 4.74 Å². The number of thioether (sulfide) groups is 1. The second-order valence-corrected chi connectivity index (χ2v) is 6.39. The summed E-state index contributed by atoms with van der Waals surface area (Å²) in [5.41, 5.74) is 0.835. The van der Waals surface area contributed by atoms with E-state index in [-0.39, 0.29) is 11.7 Å². The Labute approximate surface area is 134 Å². The molecule has 0 aliphatic rings. The minimum absolute atomic E-state index is 0.126. The molecule has 22 heavy (non-hydrogen) atoms. The second kappa shape index (κ2) is 6.32. The maximum atomic E-state index is 12.0. The second-order valence-electron chi connectivity index (χ2n) is 4.41. The fourth-order valence-electron chi connectivity index (χ4n) is 1.77. The van der Waals surface area contributed by atoms with Gasteiger partial charge in [-0.05, 0) is 18.2 Å². The number of carbonyl (C=O) groups excluding carboxylic acids is 1. The molecule has 0 unspecified atom stereocenters. The highest BCUT2D eigenvalue weighted by Gasteiger charge is 2.10. The van der Waals surface area contributed by atoms with Crippen molar-refractivity contribution in [2.45, 2.75) is 5.16 Å². The molecule has 0 aliphatic heterocycles. The third-order valence-corrected chi connectivity index (χ3v) is 4.81. The van der Waals surface area contributed by atoms with Gasteiger partial charge >= 0.3 is 0 Å². The van der Waals surface area contributed by atoms with Crippen LogP contribution in [0, 0.1) is 0 Å². The van der Waals surface area contributed by atoms with Crippen LogP contribution in [-0.2, 0) is 11.8 Å². The van der Waals surface area contributed by atoms with Gasteiger partial charge in [0.2, 0.25) is 5.91 Å². The van der Waals surface area contributed by atoms with Crippen LogP contribution in [0.1, 0.15) is 0 Å². The number of nitrogens with one attached hydrogen (secondary N) is 1. The van der Waals surface area contributed by atoms with Crippen molar-refractivity contribution in [3.8, 4) is 5.75 Å². The molecular formula is C13H13N5O2S2. The Hall–Kier alpha value is -2.13. The van der Waals surface area contributed by atoms with Crippen molar-refractivity contribution in [1.82, 2.24) is 19.7 Å². The molecule has 7 nitrogen and oxygen atoms in total. The molecule has 2 aromatic heterocycles. The summed E-state index contributed by atoms with van der Waals surface area (Å²) in [4.78, 5) is 16.4. The first-order chi connectivity index (χ1) is 10.7. The highest BCUT2D eigenvalue weighted by molar-refractivity contribution is 7.99. The number of nitrogens with zero attached hydrogens (tertiary/aromatic N) is 4. The molecule has 2 heterocycles. The number of aryl methyl sites for hydroxylation is 1. The number of rotatable bonds is 5. The van der Waals surface area contributed by atoms with Gasteiger partial charge in [0, 0.05) is 7.05 Å². The van der Waals surface area contributed by atoms with Gasteiger partial charge in [-0.1, -0.05) is 23.1 Å². The van der Waals surface area contributed by atoms with Crippen LogP contribution in [0.4, 0.5) is 5.13 Å². The summed E-state index contributed by atoms with van der Waals surface area (Å²) in [6.07, 6.45) is 1.60. The summed E-state index contributed by atoms with van der Waals surface area (Å²) < 4.78 is 7.91. The van der Waals surface area contributed by atoms with E-state index < -0.39 is 0 Å². The van der Waals surface area contributed by atoms with Crippen LogP contribution in [0.15, 0.2) is 29.7 Å². The van der Waals surface area contributed by atoms with E-state index in [0.717, 1.165) is 16.0 Å². The van der Waals surface area contributed by atoms with Crippen LogP contribution >= 0.6 is 23.1 Å². The molecule has 1 N–H and O–H groups in total. The fourth-order valence-corrected chi connectivity index (χ4v) is 3.37. The van der Waals surface area contributed by atoms with Gasteiger partial charge in [0.05, 0.1) is 23.1 Å². The molecular weight excluding hydrogens is 322 g/mol. The first-order valence-corrected chi connectivity index (χ1v) is 8.17. The molecule has 0 atom stereocenters. The standard InChI is InChI=1S/C13H13N5O2S2/c1-18-7-14-17-13(18)21-6-11(19)16-12-15-9-4-3-8(20-2)5-10(9)22-12/h3-5,7H,6H2,1-2H3,(H,15,16,19). The van der Waals surface area contributed by atoms with Gasteiger partial charge < -0.3 is 14.6 Å². The SMILES string of the molecule is COc1ccc2nc(NC(=O)CSc3nncn3C)sc2c1. The summed E-state index contributed by atoms with van der Waals surface area (Å²) in [5, 5.41) is 11.8. The molecule has 0 fully saturated rings. The number of benzene rings is 1. The van der Waals surface area contributed by atoms with Gasteiger partial charge in [-0.25, -0.2) is 4.98 Å². The van der Waals surface area contributed by atoms with Crippen LogP contribution < -0.4 is 10.1 Å². The zero-order valence-electron chi connectivity index (χ0n) is 11.9. The van der Waals surface area contributed by atoms with Crippen LogP contribution in [0.2, 0.25) is 0 Å². The number of amides is 1. The van der Waals surface area contributed by atoms with Crippen LogP contribution in [-0.4, -0.2) is 38.5 Å². The molecule has 3 rings (SSSR count). The lowest BCUT2D eigenvalue weighted by molar-refractivity contribution is -0.113. The molecule has 0 saturated carbocycles. The highest BCUT2D eigenvalue weighted by atomic mass is 32.2. The van der Waals surface area contributed by atoms with Crippen LogP contribution in [0.5, 0.6) is 5.75 Å². The minimum atomic E-state index is -0.126. The van der Waals surface area contributed by atoms with E-state index in [0.29, 0.717) is 10.3 Å². The Morgan fingerprint density at radius 3 is 3.09 bits per heavy atom. The van der Waals surface area contributed by atoms with Crippen molar-refractivity contribution in [2.75, 3.05) is 18.2 Å². The number of aromatic nitrogens is 4. The van der Waals surface area contributed by atoms with E-state index in [1.54, 1.807) is 18.0 Å².